The van der Waals surface area contributed by atoms with Gasteiger partial charge in [-0.15, -0.1) is 0 Å². The quantitative estimate of drug-likeness (QED) is 0.485. The van der Waals surface area contributed by atoms with E-state index in [2.05, 4.69) is 15.3 Å². The van der Waals surface area contributed by atoms with Crippen LogP contribution in [0.2, 0.25) is 5.02 Å². The number of methoxy groups -OCH3 is 1. The molecule has 1 rings (SSSR count). The van der Waals surface area contributed by atoms with Crippen molar-refractivity contribution in [3.05, 3.63) is 28.8 Å². The van der Waals surface area contributed by atoms with E-state index in [9.17, 15) is 9.59 Å². The van der Waals surface area contributed by atoms with Crippen LogP contribution in [0.25, 0.3) is 0 Å². The Morgan fingerprint density at radius 1 is 1.53 bits per heavy atom. The molecule has 90 valence electrons. The van der Waals surface area contributed by atoms with Crippen molar-refractivity contribution in [1.82, 2.24) is 0 Å². The summed E-state index contributed by atoms with van der Waals surface area (Å²) in [6.07, 6.45) is 0.687. The SMILES string of the molecule is COC(=O)c1cc(N/N=C/C(=O)O)ccc1Cl. The number of carboxylic acid groups (broad SMARTS) is 1. The van der Waals surface area contributed by atoms with Crippen LogP contribution in [0.15, 0.2) is 23.3 Å². The molecule has 0 radical (unpaired) electrons. The number of halogens is 1. The number of hydrogen-bond donors (Lipinski definition) is 2. The van der Waals surface area contributed by atoms with Crippen molar-refractivity contribution in [2.75, 3.05) is 12.5 Å². The van der Waals surface area contributed by atoms with Crippen molar-refractivity contribution in [3.63, 3.8) is 0 Å². The van der Waals surface area contributed by atoms with Crippen LogP contribution in [0.1, 0.15) is 10.4 Å². The number of carbonyl (C=O) groups excluding carboxylic acids is 1. The molecule has 6 nitrogen and oxygen atoms in total. The minimum atomic E-state index is -1.18. The van der Waals surface area contributed by atoms with E-state index in [4.69, 9.17) is 16.7 Å². The van der Waals surface area contributed by atoms with Crippen molar-refractivity contribution < 1.29 is 19.4 Å². The zero-order valence-corrected chi connectivity index (χ0v) is 9.56. The van der Waals surface area contributed by atoms with Crippen LogP contribution in [0.5, 0.6) is 0 Å². The number of nitrogens with one attached hydrogen (secondary N) is 1. The largest absolute Gasteiger partial charge is 0.477 e. The van der Waals surface area contributed by atoms with Crippen LogP contribution in [0, 0.1) is 0 Å². The Labute approximate surface area is 102 Å². The summed E-state index contributed by atoms with van der Waals surface area (Å²) in [6.45, 7) is 0. The van der Waals surface area contributed by atoms with E-state index in [1.165, 1.54) is 19.2 Å². The number of rotatable bonds is 4. The molecule has 0 aliphatic rings. The molecular formula is C10H9ClN2O4. The van der Waals surface area contributed by atoms with Gasteiger partial charge in [0.25, 0.3) is 0 Å². The second kappa shape index (κ2) is 5.86. The normalized spacial score (nSPS) is 10.2. The molecule has 2 N–H and O–H groups in total. The lowest BCUT2D eigenvalue weighted by Gasteiger charge is -2.05. The van der Waals surface area contributed by atoms with Crippen LogP contribution in [-0.2, 0) is 9.53 Å². The number of anilines is 1. The molecule has 0 aliphatic heterocycles. The minimum absolute atomic E-state index is 0.171. The van der Waals surface area contributed by atoms with Crippen LogP contribution < -0.4 is 5.43 Å². The maximum atomic E-state index is 11.3. The highest BCUT2D eigenvalue weighted by Gasteiger charge is 2.10. The first kappa shape index (κ1) is 13.0. The van der Waals surface area contributed by atoms with Gasteiger partial charge in [-0.05, 0) is 18.2 Å². The number of hydrogen-bond acceptors (Lipinski definition) is 5. The lowest BCUT2D eigenvalue weighted by molar-refractivity contribution is -0.128. The average molecular weight is 257 g/mol. The summed E-state index contributed by atoms with van der Waals surface area (Å²) in [5, 5.41) is 12.0. The maximum Gasteiger partial charge on any atom is 0.348 e. The molecule has 0 spiro atoms. The fraction of sp³-hybridized carbons (Fsp3) is 0.100. The Morgan fingerprint density at radius 2 is 2.24 bits per heavy atom. The highest BCUT2D eigenvalue weighted by atomic mass is 35.5. The van der Waals surface area contributed by atoms with Crippen LogP contribution >= 0.6 is 11.6 Å². The molecule has 0 bridgehead atoms. The zero-order chi connectivity index (χ0) is 12.8. The van der Waals surface area contributed by atoms with Gasteiger partial charge in [0, 0.05) is 0 Å². The Hall–Kier alpha value is -2.08. The third kappa shape index (κ3) is 3.76. The molecule has 0 amide bonds. The second-order valence-electron chi connectivity index (χ2n) is 2.89. The number of carboxylic acids is 1. The lowest BCUT2D eigenvalue weighted by atomic mass is 10.2. The summed E-state index contributed by atoms with van der Waals surface area (Å²) < 4.78 is 4.53. The molecular weight excluding hydrogens is 248 g/mol. The van der Waals surface area contributed by atoms with Crippen LogP contribution in [-0.4, -0.2) is 30.4 Å². The van der Waals surface area contributed by atoms with Gasteiger partial charge in [0.05, 0.1) is 23.4 Å². The standard InChI is InChI=1S/C10H9ClN2O4/c1-17-10(16)7-4-6(2-3-8(7)11)13-12-5-9(14)15/h2-5,13H,1H3,(H,14,15)/b12-5+. The lowest BCUT2D eigenvalue weighted by Crippen LogP contribution is -2.03. The zero-order valence-electron chi connectivity index (χ0n) is 8.81. The van der Waals surface area contributed by atoms with Gasteiger partial charge in [-0.2, -0.15) is 5.10 Å². The van der Waals surface area contributed by atoms with Crippen molar-refractivity contribution in [1.29, 1.82) is 0 Å². The smallest absolute Gasteiger partial charge is 0.348 e. The number of nitrogens with zero attached hydrogens (tertiary/aromatic N) is 1. The maximum absolute atomic E-state index is 11.3. The summed E-state index contributed by atoms with van der Waals surface area (Å²) >= 11 is 5.79. The first-order valence-electron chi connectivity index (χ1n) is 4.44. The van der Waals surface area contributed by atoms with Gasteiger partial charge in [0.1, 0.15) is 6.21 Å². The van der Waals surface area contributed by atoms with E-state index in [0.717, 1.165) is 0 Å². The minimum Gasteiger partial charge on any atom is -0.477 e. The van der Waals surface area contributed by atoms with E-state index in [1.807, 2.05) is 0 Å². The Balaban J connectivity index is 2.89. The summed E-state index contributed by atoms with van der Waals surface area (Å²) in [6, 6.07) is 4.44. The van der Waals surface area contributed by atoms with Gasteiger partial charge in [-0.1, -0.05) is 11.6 Å². The van der Waals surface area contributed by atoms with E-state index in [-0.39, 0.29) is 10.6 Å². The number of aliphatic carboxylic acids is 1. The third-order valence-electron chi connectivity index (χ3n) is 1.74. The van der Waals surface area contributed by atoms with Gasteiger partial charge in [-0.3, -0.25) is 5.43 Å². The molecule has 0 atom stereocenters. The van der Waals surface area contributed by atoms with Crippen molar-refractivity contribution >= 4 is 35.4 Å². The van der Waals surface area contributed by atoms with Gasteiger partial charge in [0.15, 0.2) is 0 Å². The molecule has 1 aromatic carbocycles. The molecule has 0 aromatic heterocycles. The highest BCUT2D eigenvalue weighted by Crippen LogP contribution is 2.21. The van der Waals surface area contributed by atoms with E-state index >= 15 is 0 Å². The first-order chi connectivity index (χ1) is 8.04. The molecule has 0 heterocycles. The highest BCUT2D eigenvalue weighted by molar-refractivity contribution is 6.33. The Morgan fingerprint density at radius 3 is 2.82 bits per heavy atom. The van der Waals surface area contributed by atoms with E-state index < -0.39 is 11.9 Å². The molecule has 0 aliphatic carbocycles. The summed E-state index contributed by atoms with van der Waals surface area (Å²) in [5.41, 5.74) is 3.04. The number of carbonyl (C=O) groups is 2. The van der Waals surface area contributed by atoms with Gasteiger partial charge < -0.3 is 9.84 Å². The third-order valence-corrected chi connectivity index (χ3v) is 2.07. The van der Waals surface area contributed by atoms with Crippen LogP contribution in [0.4, 0.5) is 5.69 Å². The van der Waals surface area contributed by atoms with Crippen molar-refractivity contribution in [2.45, 2.75) is 0 Å². The topological polar surface area (TPSA) is 88.0 Å². The fourth-order valence-electron chi connectivity index (χ4n) is 1.02. The molecule has 17 heavy (non-hydrogen) atoms. The predicted molar refractivity (Wildman–Crippen MR) is 62.5 cm³/mol. The summed E-state index contributed by atoms with van der Waals surface area (Å²) in [4.78, 5) is 21.5. The number of hydrazone groups is 1. The van der Waals surface area contributed by atoms with Crippen molar-refractivity contribution in [2.24, 2.45) is 5.10 Å². The molecule has 1 aromatic rings. The average Bonchev–Trinajstić information content (AvgIpc) is 2.30. The predicted octanol–water partition coefficient (Wildman–Crippen LogP) is 1.61. The van der Waals surface area contributed by atoms with E-state index in [1.54, 1.807) is 6.07 Å². The second-order valence-corrected chi connectivity index (χ2v) is 3.30. The summed E-state index contributed by atoms with van der Waals surface area (Å²) in [7, 11) is 1.24. The molecule has 0 fully saturated rings. The number of ether oxygens (including phenoxy) is 1. The Kier molecular flexibility index (Phi) is 4.47. The number of benzene rings is 1. The number of esters is 1. The molecule has 0 saturated carbocycles. The monoisotopic (exact) mass is 256 g/mol. The first-order valence-corrected chi connectivity index (χ1v) is 4.82. The molecule has 7 heteroatoms. The van der Waals surface area contributed by atoms with Gasteiger partial charge >= 0.3 is 11.9 Å². The van der Waals surface area contributed by atoms with Gasteiger partial charge in [0.2, 0.25) is 0 Å². The van der Waals surface area contributed by atoms with E-state index in [0.29, 0.717) is 11.9 Å². The van der Waals surface area contributed by atoms with Crippen molar-refractivity contribution in [3.8, 4) is 0 Å². The molecule has 0 saturated heterocycles. The Bertz CT molecular complexity index is 473. The van der Waals surface area contributed by atoms with Gasteiger partial charge in [-0.25, -0.2) is 9.59 Å². The summed E-state index contributed by atoms with van der Waals surface area (Å²) in [5.74, 6) is -1.76. The fourth-order valence-corrected chi connectivity index (χ4v) is 1.22. The van der Waals surface area contributed by atoms with Crippen LogP contribution in [0.3, 0.4) is 0 Å². The molecule has 0 unspecified atom stereocenters.